The van der Waals surface area contributed by atoms with Crippen molar-refractivity contribution < 1.29 is 0 Å². The third-order valence-electron chi connectivity index (χ3n) is 1.88. The van der Waals surface area contributed by atoms with E-state index in [0.29, 0.717) is 0 Å². The first-order valence-corrected chi connectivity index (χ1v) is 5.56. The van der Waals surface area contributed by atoms with Gasteiger partial charge in [0.2, 0.25) is 0 Å². The Kier molecular flexibility index (Phi) is 2.69. The predicted molar refractivity (Wildman–Crippen MR) is 61.8 cm³/mol. The zero-order chi connectivity index (χ0) is 10.1. The summed E-state index contributed by atoms with van der Waals surface area (Å²) < 4.78 is 3.92. The maximum Gasteiger partial charge on any atom is 0.164 e. The van der Waals surface area contributed by atoms with Gasteiger partial charge in [-0.25, -0.2) is 0 Å². The molecule has 14 heavy (non-hydrogen) atoms. The molecule has 2 aromatic rings. The summed E-state index contributed by atoms with van der Waals surface area (Å²) >= 11 is 6.91. The van der Waals surface area contributed by atoms with E-state index in [9.17, 15) is 0 Å². The van der Waals surface area contributed by atoms with Crippen molar-refractivity contribution in [1.82, 2.24) is 14.8 Å². The maximum absolute atomic E-state index is 4.05. The van der Waals surface area contributed by atoms with E-state index in [1.165, 1.54) is 0 Å². The monoisotopic (exact) mass is 315 g/mol. The molecule has 2 rings (SSSR count). The fourth-order valence-electron chi connectivity index (χ4n) is 1.20. The largest absolute Gasteiger partial charge is 0.317 e. The standard InChI is InChI=1S/C9H7Br2N3/c1-14-5-12-13-9(14)7-4-6(10)2-3-8(7)11/h2-5H,1H3. The Morgan fingerprint density at radius 3 is 2.71 bits per heavy atom. The van der Waals surface area contributed by atoms with Gasteiger partial charge in [0.25, 0.3) is 0 Å². The number of nitrogens with zero attached hydrogens (tertiary/aromatic N) is 3. The van der Waals surface area contributed by atoms with Crippen LogP contribution in [0, 0.1) is 0 Å². The highest BCUT2D eigenvalue weighted by Gasteiger charge is 2.08. The summed E-state index contributed by atoms with van der Waals surface area (Å²) in [6.45, 7) is 0. The SMILES string of the molecule is Cn1cnnc1-c1cc(Br)ccc1Br. The van der Waals surface area contributed by atoms with Crippen LogP contribution in [0.2, 0.25) is 0 Å². The molecule has 0 spiro atoms. The Morgan fingerprint density at radius 1 is 1.29 bits per heavy atom. The first-order valence-electron chi connectivity index (χ1n) is 3.98. The third kappa shape index (κ3) is 1.74. The van der Waals surface area contributed by atoms with Crippen LogP contribution in [-0.2, 0) is 7.05 Å². The molecule has 1 heterocycles. The molecule has 3 nitrogen and oxygen atoms in total. The van der Waals surface area contributed by atoms with E-state index >= 15 is 0 Å². The quantitative estimate of drug-likeness (QED) is 0.809. The molecule has 0 aliphatic rings. The molecular formula is C9H7Br2N3. The van der Waals surface area contributed by atoms with Crippen LogP contribution in [0.5, 0.6) is 0 Å². The van der Waals surface area contributed by atoms with Gasteiger partial charge >= 0.3 is 0 Å². The van der Waals surface area contributed by atoms with Crippen molar-refractivity contribution in [3.8, 4) is 11.4 Å². The lowest BCUT2D eigenvalue weighted by Gasteiger charge is -2.03. The fourth-order valence-corrected chi connectivity index (χ4v) is 1.98. The highest BCUT2D eigenvalue weighted by molar-refractivity contribution is 9.11. The van der Waals surface area contributed by atoms with Gasteiger partial charge in [-0.15, -0.1) is 10.2 Å². The number of benzene rings is 1. The number of hydrogen-bond donors (Lipinski definition) is 0. The molecule has 0 bridgehead atoms. The zero-order valence-electron chi connectivity index (χ0n) is 7.41. The van der Waals surface area contributed by atoms with Crippen LogP contribution in [0.1, 0.15) is 0 Å². The van der Waals surface area contributed by atoms with Crippen molar-refractivity contribution in [1.29, 1.82) is 0 Å². The van der Waals surface area contributed by atoms with E-state index in [4.69, 9.17) is 0 Å². The lowest BCUT2D eigenvalue weighted by molar-refractivity contribution is 0.919. The predicted octanol–water partition coefficient (Wildman–Crippen LogP) is 3.01. The fraction of sp³-hybridized carbons (Fsp3) is 0.111. The van der Waals surface area contributed by atoms with Crippen molar-refractivity contribution in [2.45, 2.75) is 0 Å². The van der Waals surface area contributed by atoms with Gasteiger partial charge in [-0.1, -0.05) is 31.9 Å². The van der Waals surface area contributed by atoms with Crippen molar-refractivity contribution in [3.63, 3.8) is 0 Å². The molecule has 0 atom stereocenters. The number of aryl methyl sites for hydroxylation is 1. The molecule has 1 aromatic heterocycles. The van der Waals surface area contributed by atoms with Gasteiger partial charge in [-0.2, -0.15) is 0 Å². The minimum Gasteiger partial charge on any atom is -0.317 e. The molecule has 0 fully saturated rings. The second-order valence-electron chi connectivity index (χ2n) is 2.89. The average molecular weight is 317 g/mol. The zero-order valence-corrected chi connectivity index (χ0v) is 10.6. The van der Waals surface area contributed by atoms with E-state index in [1.807, 2.05) is 29.8 Å². The van der Waals surface area contributed by atoms with Crippen LogP contribution in [0.25, 0.3) is 11.4 Å². The number of rotatable bonds is 1. The molecule has 5 heteroatoms. The summed E-state index contributed by atoms with van der Waals surface area (Å²) in [6, 6.07) is 5.96. The maximum atomic E-state index is 4.05. The first-order chi connectivity index (χ1) is 6.68. The van der Waals surface area contributed by atoms with Crippen molar-refractivity contribution in [2.75, 3.05) is 0 Å². The normalized spacial score (nSPS) is 10.5. The van der Waals surface area contributed by atoms with Crippen molar-refractivity contribution in [2.24, 2.45) is 7.05 Å². The molecule has 0 saturated heterocycles. The first kappa shape index (κ1) is 9.86. The summed E-state index contributed by atoms with van der Waals surface area (Å²) in [5.41, 5.74) is 1.03. The van der Waals surface area contributed by atoms with Gasteiger partial charge in [-0.3, -0.25) is 0 Å². The second-order valence-corrected chi connectivity index (χ2v) is 4.66. The van der Waals surface area contributed by atoms with Gasteiger partial charge in [0, 0.05) is 21.6 Å². The summed E-state index contributed by atoms with van der Waals surface area (Å²) in [5.74, 6) is 0.846. The van der Waals surface area contributed by atoms with Gasteiger partial charge in [-0.05, 0) is 18.2 Å². The Hall–Kier alpha value is -0.680. The van der Waals surface area contributed by atoms with E-state index in [-0.39, 0.29) is 0 Å². The van der Waals surface area contributed by atoms with Crippen LogP contribution >= 0.6 is 31.9 Å². The Balaban J connectivity index is 2.62. The Labute approximate surface area is 98.4 Å². The highest BCUT2D eigenvalue weighted by Crippen LogP contribution is 2.29. The highest BCUT2D eigenvalue weighted by atomic mass is 79.9. The minimum absolute atomic E-state index is 0.846. The lowest BCUT2D eigenvalue weighted by atomic mass is 10.2. The average Bonchev–Trinajstić information content (AvgIpc) is 2.56. The van der Waals surface area contributed by atoms with Gasteiger partial charge in [0.05, 0.1) is 0 Å². The number of halogens is 2. The molecule has 72 valence electrons. The third-order valence-corrected chi connectivity index (χ3v) is 3.07. The van der Waals surface area contributed by atoms with Crippen molar-refractivity contribution in [3.05, 3.63) is 33.5 Å². The Morgan fingerprint density at radius 2 is 2.07 bits per heavy atom. The van der Waals surface area contributed by atoms with Gasteiger partial charge < -0.3 is 4.57 Å². The van der Waals surface area contributed by atoms with E-state index in [1.54, 1.807) is 6.33 Å². The second kappa shape index (κ2) is 3.82. The van der Waals surface area contributed by atoms with E-state index in [0.717, 1.165) is 20.3 Å². The summed E-state index contributed by atoms with van der Waals surface area (Å²) in [4.78, 5) is 0. The summed E-state index contributed by atoms with van der Waals surface area (Å²) in [5, 5.41) is 7.90. The molecule has 0 saturated carbocycles. The molecule has 0 aliphatic heterocycles. The van der Waals surface area contributed by atoms with E-state index in [2.05, 4.69) is 42.1 Å². The minimum atomic E-state index is 0.846. The van der Waals surface area contributed by atoms with Gasteiger partial charge in [0.1, 0.15) is 6.33 Å². The van der Waals surface area contributed by atoms with Crippen LogP contribution in [0.15, 0.2) is 33.5 Å². The van der Waals surface area contributed by atoms with Crippen LogP contribution in [0.4, 0.5) is 0 Å². The Bertz CT molecular complexity index is 465. The smallest absolute Gasteiger partial charge is 0.164 e. The molecular weight excluding hydrogens is 310 g/mol. The molecule has 0 radical (unpaired) electrons. The van der Waals surface area contributed by atoms with Gasteiger partial charge in [0.15, 0.2) is 5.82 Å². The topological polar surface area (TPSA) is 30.7 Å². The van der Waals surface area contributed by atoms with Crippen LogP contribution in [-0.4, -0.2) is 14.8 Å². The molecule has 0 amide bonds. The van der Waals surface area contributed by atoms with Crippen molar-refractivity contribution >= 4 is 31.9 Å². The van der Waals surface area contributed by atoms with E-state index < -0.39 is 0 Å². The molecule has 0 aliphatic carbocycles. The molecule has 1 aromatic carbocycles. The lowest BCUT2D eigenvalue weighted by Crippen LogP contribution is -1.91. The number of aromatic nitrogens is 3. The molecule has 0 unspecified atom stereocenters. The summed E-state index contributed by atoms with van der Waals surface area (Å²) in [7, 11) is 1.92. The van der Waals surface area contributed by atoms with Crippen LogP contribution in [0.3, 0.4) is 0 Å². The molecule has 0 N–H and O–H groups in total. The summed E-state index contributed by atoms with van der Waals surface area (Å²) in [6.07, 6.45) is 1.68. The van der Waals surface area contributed by atoms with Crippen LogP contribution < -0.4 is 0 Å². The number of hydrogen-bond acceptors (Lipinski definition) is 2.